The number of hydrogen-bond donors (Lipinski definition) is 1. The van der Waals surface area contributed by atoms with Gasteiger partial charge in [0.2, 0.25) is 0 Å². The van der Waals surface area contributed by atoms with E-state index in [2.05, 4.69) is 26.2 Å². The molecule has 1 atom stereocenters. The molecule has 2 aromatic heterocycles. The lowest BCUT2D eigenvalue weighted by atomic mass is 10.2. The summed E-state index contributed by atoms with van der Waals surface area (Å²) in [4.78, 5) is 4.30. The van der Waals surface area contributed by atoms with Gasteiger partial charge >= 0.3 is 0 Å². The number of furan rings is 1. The number of nitrogens with zero attached hydrogens (tertiary/aromatic N) is 2. The summed E-state index contributed by atoms with van der Waals surface area (Å²) in [6.07, 6.45) is 3.69. The molecule has 2 rings (SSSR count). The van der Waals surface area contributed by atoms with Gasteiger partial charge in [-0.25, -0.2) is 4.98 Å². The van der Waals surface area contributed by atoms with Crippen molar-refractivity contribution in [2.24, 2.45) is 7.05 Å². The number of aryl methyl sites for hydroxylation is 1. The maximum Gasteiger partial charge on any atom is 0.169 e. The first-order valence-electron chi connectivity index (χ1n) is 4.62. The van der Waals surface area contributed by atoms with Crippen LogP contribution in [0.25, 0.3) is 0 Å². The average molecular weight is 270 g/mol. The lowest BCUT2D eigenvalue weighted by Crippen LogP contribution is -2.20. The summed E-state index contributed by atoms with van der Waals surface area (Å²) in [5.41, 5.74) is 0. The van der Waals surface area contributed by atoms with Gasteiger partial charge in [0.05, 0.1) is 0 Å². The van der Waals surface area contributed by atoms with Crippen molar-refractivity contribution in [2.75, 3.05) is 7.05 Å². The van der Waals surface area contributed by atoms with Gasteiger partial charge < -0.3 is 14.3 Å². The van der Waals surface area contributed by atoms with Gasteiger partial charge in [0, 0.05) is 19.4 Å². The molecule has 5 heteroatoms. The fraction of sp³-hybridized carbons (Fsp3) is 0.300. The van der Waals surface area contributed by atoms with Crippen LogP contribution in [-0.4, -0.2) is 16.6 Å². The standard InChI is InChI=1S/C10H12BrN3O/c1-12-9(7-3-4-8(11)15-7)10-13-5-6-14(10)2/h3-6,9,12H,1-2H3. The fourth-order valence-electron chi connectivity index (χ4n) is 1.54. The first-order valence-corrected chi connectivity index (χ1v) is 5.41. The van der Waals surface area contributed by atoms with Gasteiger partial charge in [-0.1, -0.05) is 0 Å². The van der Waals surface area contributed by atoms with Crippen molar-refractivity contribution in [3.63, 3.8) is 0 Å². The largest absolute Gasteiger partial charge is 0.452 e. The molecule has 0 fully saturated rings. The molecule has 2 heterocycles. The molecule has 1 unspecified atom stereocenters. The van der Waals surface area contributed by atoms with Crippen LogP contribution in [0.4, 0.5) is 0 Å². The molecule has 0 saturated heterocycles. The van der Waals surface area contributed by atoms with Crippen molar-refractivity contribution in [1.82, 2.24) is 14.9 Å². The Morgan fingerprint density at radius 3 is 2.80 bits per heavy atom. The van der Waals surface area contributed by atoms with Crippen LogP contribution < -0.4 is 5.32 Å². The number of hydrogen-bond acceptors (Lipinski definition) is 3. The molecule has 0 aliphatic heterocycles. The minimum absolute atomic E-state index is 0.0173. The number of nitrogens with one attached hydrogen (secondary N) is 1. The number of rotatable bonds is 3. The zero-order valence-corrected chi connectivity index (χ0v) is 10.2. The molecule has 0 amide bonds. The van der Waals surface area contributed by atoms with E-state index in [4.69, 9.17) is 4.42 Å². The van der Waals surface area contributed by atoms with Gasteiger partial charge in [-0.05, 0) is 35.1 Å². The highest BCUT2D eigenvalue weighted by molar-refractivity contribution is 9.10. The van der Waals surface area contributed by atoms with Crippen LogP contribution in [0.15, 0.2) is 33.6 Å². The second kappa shape index (κ2) is 4.20. The van der Waals surface area contributed by atoms with E-state index in [1.807, 2.05) is 37.0 Å². The van der Waals surface area contributed by atoms with Crippen LogP contribution in [0.2, 0.25) is 0 Å². The van der Waals surface area contributed by atoms with Gasteiger partial charge in [-0.15, -0.1) is 0 Å². The summed E-state index contributed by atoms with van der Waals surface area (Å²) in [5.74, 6) is 1.78. The summed E-state index contributed by atoms with van der Waals surface area (Å²) in [7, 11) is 3.85. The van der Waals surface area contributed by atoms with Crippen molar-refractivity contribution < 1.29 is 4.42 Å². The monoisotopic (exact) mass is 269 g/mol. The molecule has 0 bridgehead atoms. The molecule has 4 nitrogen and oxygen atoms in total. The molecule has 0 spiro atoms. The Kier molecular flexibility index (Phi) is 2.93. The van der Waals surface area contributed by atoms with E-state index in [1.165, 1.54) is 0 Å². The van der Waals surface area contributed by atoms with E-state index in [1.54, 1.807) is 6.20 Å². The fourth-order valence-corrected chi connectivity index (χ4v) is 1.86. The molecule has 0 aromatic carbocycles. The van der Waals surface area contributed by atoms with E-state index >= 15 is 0 Å². The second-order valence-corrected chi connectivity index (χ2v) is 4.04. The average Bonchev–Trinajstić information content (AvgIpc) is 2.79. The normalized spacial score (nSPS) is 13.0. The van der Waals surface area contributed by atoms with Crippen molar-refractivity contribution in [1.29, 1.82) is 0 Å². The third-order valence-electron chi connectivity index (χ3n) is 2.28. The van der Waals surface area contributed by atoms with Gasteiger partial charge in [-0.3, -0.25) is 0 Å². The minimum atomic E-state index is -0.0173. The van der Waals surface area contributed by atoms with Crippen LogP contribution in [0.5, 0.6) is 0 Å². The maximum atomic E-state index is 5.52. The van der Waals surface area contributed by atoms with E-state index < -0.39 is 0 Å². The molecule has 0 aliphatic rings. The smallest absolute Gasteiger partial charge is 0.169 e. The van der Waals surface area contributed by atoms with Crippen LogP contribution in [-0.2, 0) is 7.05 Å². The quantitative estimate of drug-likeness (QED) is 0.928. The number of aromatic nitrogens is 2. The van der Waals surface area contributed by atoms with Crippen molar-refractivity contribution in [2.45, 2.75) is 6.04 Å². The molecule has 0 saturated carbocycles. The maximum absolute atomic E-state index is 5.52. The Morgan fingerprint density at radius 2 is 2.33 bits per heavy atom. The predicted molar refractivity (Wildman–Crippen MR) is 60.5 cm³/mol. The first-order chi connectivity index (χ1) is 7.22. The molecule has 15 heavy (non-hydrogen) atoms. The third kappa shape index (κ3) is 1.98. The molecule has 0 radical (unpaired) electrons. The van der Waals surface area contributed by atoms with Gasteiger partial charge in [0.15, 0.2) is 4.67 Å². The topological polar surface area (TPSA) is 43.0 Å². The third-order valence-corrected chi connectivity index (χ3v) is 2.71. The summed E-state index contributed by atoms with van der Waals surface area (Å²) >= 11 is 3.29. The highest BCUT2D eigenvalue weighted by Crippen LogP contribution is 2.24. The minimum Gasteiger partial charge on any atom is -0.452 e. The molecule has 1 N–H and O–H groups in total. The van der Waals surface area contributed by atoms with Crippen LogP contribution in [0.1, 0.15) is 17.6 Å². The van der Waals surface area contributed by atoms with E-state index in [9.17, 15) is 0 Å². The van der Waals surface area contributed by atoms with Crippen molar-refractivity contribution in [3.8, 4) is 0 Å². The molecule has 0 aliphatic carbocycles. The summed E-state index contributed by atoms with van der Waals surface area (Å²) in [5, 5.41) is 3.18. The molecule has 80 valence electrons. The van der Waals surface area contributed by atoms with E-state index in [0.29, 0.717) is 0 Å². The lowest BCUT2D eigenvalue weighted by Gasteiger charge is -2.12. The van der Waals surface area contributed by atoms with Crippen molar-refractivity contribution >= 4 is 15.9 Å². The Morgan fingerprint density at radius 1 is 1.53 bits per heavy atom. The van der Waals surface area contributed by atoms with E-state index in [0.717, 1.165) is 16.3 Å². The molecule has 2 aromatic rings. The predicted octanol–water partition coefficient (Wildman–Crippen LogP) is 2.08. The van der Waals surface area contributed by atoms with E-state index in [-0.39, 0.29) is 6.04 Å². The first kappa shape index (κ1) is 10.4. The summed E-state index contributed by atoms with van der Waals surface area (Å²) in [6, 6.07) is 3.79. The Labute approximate surface area is 96.4 Å². The zero-order valence-electron chi connectivity index (χ0n) is 8.57. The lowest BCUT2D eigenvalue weighted by molar-refractivity contribution is 0.433. The van der Waals surface area contributed by atoms with Crippen LogP contribution in [0, 0.1) is 0 Å². The summed E-state index contributed by atoms with van der Waals surface area (Å²) in [6.45, 7) is 0. The Hall–Kier alpha value is -1.07. The van der Waals surface area contributed by atoms with Gasteiger partial charge in [0.1, 0.15) is 17.6 Å². The zero-order chi connectivity index (χ0) is 10.8. The molecular weight excluding hydrogens is 258 g/mol. The highest BCUT2D eigenvalue weighted by Gasteiger charge is 2.19. The van der Waals surface area contributed by atoms with Crippen LogP contribution >= 0.6 is 15.9 Å². The Bertz CT molecular complexity index is 449. The van der Waals surface area contributed by atoms with Gasteiger partial charge in [-0.2, -0.15) is 0 Å². The van der Waals surface area contributed by atoms with Crippen molar-refractivity contribution in [3.05, 3.63) is 40.8 Å². The highest BCUT2D eigenvalue weighted by atomic mass is 79.9. The Balaban J connectivity index is 2.36. The van der Waals surface area contributed by atoms with Gasteiger partial charge in [0.25, 0.3) is 0 Å². The number of halogens is 1. The molecular formula is C10H12BrN3O. The SMILES string of the molecule is CNC(c1ccc(Br)o1)c1nccn1C. The number of imidazole rings is 1. The second-order valence-electron chi connectivity index (χ2n) is 3.26. The summed E-state index contributed by atoms with van der Waals surface area (Å²) < 4.78 is 8.21. The van der Waals surface area contributed by atoms with Crippen LogP contribution in [0.3, 0.4) is 0 Å².